The lowest BCUT2D eigenvalue weighted by molar-refractivity contribution is 0.707. The number of pyridine rings is 1. The molecule has 1 radical (unpaired) electrons. The van der Waals surface area contributed by atoms with Crippen molar-refractivity contribution in [3.8, 4) is 0 Å². The third kappa shape index (κ3) is 1.56. The van der Waals surface area contributed by atoms with Gasteiger partial charge in [-0.25, -0.2) is 0 Å². The molecule has 53 valence electrons. The van der Waals surface area contributed by atoms with Gasteiger partial charge in [0.25, 0.3) is 0 Å². The Labute approximate surface area is 62.1 Å². The highest BCUT2D eigenvalue weighted by atomic mass is 14.7. The van der Waals surface area contributed by atoms with Gasteiger partial charge in [0.2, 0.25) is 0 Å². The topological polar surface area (TPSA) is 12.9 Å². The molecule has 1 heteroatoms. The number of nitrogens with zero attached hydrogens (tertiary/aromatic N) is 1. The van der Waals surface area contributed by atoms with E-state index in [0.29, 0.717) is 5.92 Å². The number of hydrogen-bond acceptors (Lipinski definition) is 1. The van der Waals surface area contributed by atoms with Crippen molar-refractivity contribution in [1.82, 2.24) is 4.98 Å². The zero-order chi connectivity index (χ0) is 7.40. The predicted molar refractivity (Wildman–Crippen MR) is 41.8 cm³/mol. The molecule has 0 fully saturated rings. The molecule has 1 aromatic heterocycles. The van der Waals surface area contributed by atoms with Crippen molar-refractivity contribution in [2.24, 2.45) is 0 Å². The van der Waals surface area contributed by atoms with Gasteiger partial charge in [-0.3, -0.25) is 4.98 Å². The van der Waals surface area contributed by atoms with Crippen LogP contribution in [0.1, 0.15) is 31.9 Å². The van der Waals surface area contributed by atoms with E-state index in [2.05, 4.69) is 24.9 Å². The van der Waals surface area contributed by atoms with Crippen molar-refractivity contribution in [2.45, 2.75) is 26.2 Å². The first kappa shape index (κ1) is 7.26. The minimum absolute atomic E-state index is 0.543. The Bertz CT molecular complexity index is 181. The van der Waals surface area contributed by atoms with Crippen molar-refractivity contribution in [1.29, 1.82) is 0 Å². The van der Waals surface area contributed by atoms with Crippen LogP contribution in [0.15, 0.2) is 18.3 Å². The second kappa shape index (κ2) is 3.35. The number of hydrogen-bond donors (Lipinski definition) is 0. The van der Waals surface area contributed by atoms with Gasteiger partial charge >= 0.3 is 0 Å². The summed E-state index contributed by atoms with van der Waals surface area (Å²) in [5, 5.41) is 0. The maximum Gasteiger partial charge on any atom is 0.0510 e. The van der Waals surface area contributed by atoms with Crippen LogP contribution in [0.4, 0.5) is 0 Å². The zero-order valence-electron chi connectivity index (χ0n) is 6.46. The van der Waals surface area contributed by atoms with E-state index in [9.17, 15) is 0 Å². The second-order valence-electron chi connectivity index (χ2n) is 2.48. The van der Waals surface area contributed by atoms with Gasteiger partial charge in [-0.1, -0.05) is 19.9 Å². The molecule has 0 amide bonds. The molecule has 1 aromatic rings. The minimum atomic E-state index is 0.543. The average Bonchev–Trinajstić information content (AvgIpc) is 2.05. The van der Waals surface area contributed by atoms with E-state index in [1.165, 1.54) is 0 Å². The molecule has 0 aliphatic rings. The van der Waals surface area contributed by atoms with Gasteiger partial charge in [-0.2, -0.15) is 0 Å². The van der Waals surface area contributed by atoms with E-state index in [1.807, 2.05) is 18.3 Å². The van der Waals surface area contributed by atoms with Crippen LogP contribution >= 0.6 is 0 Å². The summed E-state index contributed by atoms with van der Waals surface area (Å²) >= 11 is 0. The zero-order valence-corrected chi connectivity index (χ0v) is 6.46. The fourth-order valence-electron chi connectivity index (χ4n) is 0.800. The summed E-state index contributed by atoms with van der Waals surface area (Å²) in [4.78, 5) is 4.19. The highest BCUT2D eigenvalue weighted by Crippen LogP contribution is 2.13. The van der Waals surface area contributed by atoms with Gasteiger partial charge < -0.3 is 0 Å². The van der Waals surface area contributed by atoms with E-state index >= 15 is 0 Å². The lowest BCUT2D eigenvalue weighted by Crippen LogP contribution is -1.93. The van der Waals surface area contributed by atoms with E-state index < -0.39 is 0 Å². The fraction of sp³-hybridized carbons (Fsp3) is 0.444. The van der Waals surface area contributed by atoms with Crippen LogP contribution in [0.5, 0.6) is 0 Å². The van der Waals surface area contributed by atoms with Gasteiger partial charge in [0.1, 0.15) is 0 Å². The van der Waals surface area contributed by atoms with Crippen LogP contribution < -0.4 is 0 Å². The molecule has 0 aliphatic carbocycles. The molecular formula is C9H12N. The summed E-state index contributed by atoms with van der Waals surface area (Å²) in [6, 6.07) is 6.91. The first-order valence-electron chi connectivity index (χ1n) is 3.67. The predicted octanol–water partition coefficient (Wildman–Crippen LogP) is 2.40. The number of rotatable bonds is 2. The molecule has 0 saturated heterocycles. The van der Waals surface area contributed by atoms with Gasteiger partial charge in [0, 0.05) is 12.3 Å². The molecule has 1 heterocycles. The van der Waals surface area contributed by atoms with Crippen LogP contribution in [-0.2, 0) is 0 Å². The van der Waals surface area contributed by atoms with Gasteiger partial charge in [-0.05, 0) is 18.4 Å². The van der Waals surface area contributed by atoms with E-state index in [0.717, 1.165) is 12.1 Å². The first-order valence-corrected chi connectivity index (χ1v) is 3.67. The third-order valence-electron chi connectivity index (χ3n) is 1.71. The summed E-state index contributed by atoms with van der Waals surface area (Å²) in [5.74, 6) is 0.543. The molecule has 1 nitrogen and oxygen atoms in total. The Morgan fingerprint density at radius 3 is 3.00 bits per heavy atom. The van der Waals surface area contributed by atoms with E-state index in [1.54, 1.807) is 0 Å². The summed E-state index contributed by atoms with van der Waals surface area (Å²) in [6.45, 7) is 4.33. The Hall–Kier alpha value is -0.850. The summed E-state index contributed by atoms with van der Waals surface area (Å²) in [5.41, 5.74) is 1.07. The highest BCUT2D eigenvalue weighted by Gasteiger charge is 2.01. The molecule has 0 saturated carbocycles. The first-order chi connectivity index (χ1) is 4.84. The Morgan fingerprint density at radius 2 is 2.50 bits per heavy atom. The molecule has 1 atom stereocenters. The molecule has 10 heavy (non-hydrogen) atoms. The standard InChI is InChI=1S/C9H12N/c1-3-8(2)9-6-4-5-7-10-9/h4-5,7-8H,3H2,1-2H3. The molecule has 0 spiro atoms. The molecule has 1 rings (SSSR count). The summed E-state index contributed by atoms with van der Waals surface area (Å²) in [7, 11) is 0. The summed E-state index contributed by atoms with van der Waals surface area (Å²) in [6.07, 6.45) is 2.95. The Morgan fingerprint density at radius 1 is 1.70 bits per heavy atom. The van der Waals surface area contributed by atoms with Crippen molar-refractivity contribution in [2.75, 3.05) is 0 Å². The second-order valence-corrected chi connectivity index (χ2v) is 2.48. The third-order valence-corrected chi connectivity index (χ3v) is 1.71. The van der Waals surface area contributed by atoms with Gasteiger partial charge in [-0.15, -0.1) is 0 Å². The highest BCUT2D eigenvalue weighted by molar-refractivity contribution is 5.05. The quantitative estimate of drug-likeness (QED) is 0.605. The molecule has 0 N–H and O–H groups in total. The van der Waals surface area contributed by atoms with E-state index in [4.69, 9.17) is 0 Å². The van der Waals surface area contributed by atoms with Crippen molar-refractivity contribution < 1.29 is 0 Å². The normalized spacial score (nSPS) is 13.0. The van der Waals surface area contributed by atoms with E-state index in [-0.39, 0.29) is 0 Å². The molecule has 0 bridgehead atoms. The van der Waals surface area contributed by atoms with Crippen LogP contribution in [0.3, 0.4) is 0 Å². The van der Waals surface area contributed by atoms with Crippen LogP contribution in [0, 0.1) is 6.07 Å². The Kier molecular flexibility index (Phi) is 2.43. The average molecular weight is 134 g/mol. The van der Waals surface area contributed by atoms with Crippen molar-refractivity contribution in [3.63, 3.8) is 0 Å². The van der Waals surface area contributed by atoms with Crippen LogP contribution in [-0.4, -0.2) is 4.98 Å². The Balaban J connectivity index is 2.75. The van der Waals surface area contributed by atoms with Gasteiger partial charge in [0.05, 0.1) is 5.69 Å². The maximum absolute atomic E-state index is 4.19. The molecule has 0 aromatic carbocycles. The number of aromatic nitrogens is 1. The molecule has 0 aliphatic heterocycles. The lowest BCUT2D eigenvalue weighted by atomic mass is 10.1. The van der Waals surface area contributed by atoms with Crippen molar-refractivity contribution >= 4 is 0 Å². The fourth-order valence-corrected chi connectivity index (χ4v) is 0.800. The SMILES string of the molecule is CCC(C)c1[c]cccn1. The maximum atomic E-state index is 4.19. The molecule has 1 unspecified atom stereocenters. The van der Waals surface area contributed by atoms with Gasteiger partial charge in [0.15, 0.2) is 0 Å². The minimum Gasteiger partial charge on any atom is -0.260 e. The monoisotopic (exact) mass is 134 g/mol. The van der Waals surface area contributed by atoms with Crippen molar-refractivity contribution in [3.05, 3.63) is 30.1 Å². The smallest absolute Gasteiger partial charge is 0.0510 e. The molecular weight excluding hydrogens is 122 g/mol. The van der Waals surface area contributed by atoms with Crippen LogP contribution in [0.25, 0.3) is 0 Å². The lowest BCUT2D eigenvalue weighted by Gasteiger charge is -2.04. The largest absolute Gasteiger partial charge is 0.260 e. The summed E-state index contributed by atoms with van der Waals surface area (Å²) < 4.78 is 0. The van der Waals surface area contributed by atoms with Crippen LogP contribution in [0.2, 0.25) is 0 Å².